The molecule has 0 bridgehead atoms. The number of rotatable bonds is 3. The Morgan fingerprint density at radius 3 is 2.61 bits per heavy atom. The molecule has 4 rings (SSSR count). The largest absolute Gasteiger partial charge is 0.323 e. The van der Waals surface area contributed by atoms with Crippen LogP contribution >= 0.6 is 11.3 Å². The Hall–Kier alpha value is -3.52. The molecule has 7 nitrogen and oxygen atoms in total. The van der Waals surface area contributed by atoms with E-state index in [1.165, 1.54) is 16.2 Å². The highest BCUT2D eigenvalue weighted by Gasteiger charge is 2.27. The summed E-state index contributed by atoms with van der Waals surface area (Å²) in [4.78, 5) is 42.6. The third-order valence-corrected chi connectivity index (χ3v) is 5.03. The molecule has 2 heterocycles. The van der Waals surface area contributed by atoms with Crippen molar-refractivity contribution in [3.8, 4) is 0 Å². The molecule has 0 fully saturated rings. The van der Waals surface area contributed by atoms with Crippen molar-refractivity contribution < 1.29 is 14.4 Å². The molecule has 1 aliphatic heterocycles. The minimum atomic E-state index is -0.301. The fourth-order valence-electron chi connectivity index (χ4n) is 2.93. The van der Waals surface area contributed by atoms with Crippen molar-refractivity contribution in [3.05, 3.63) is 70.2 Å². The van der Waals surface area contributed by atoms with Gasteiger partial charge in [0.25, 0.3) is 11.8 Å². The van der Waals surface area contributed by atoms with Gasteiger partial charge >= 0.3 is 0 Å². The van der Waals surface area contributed by atoms with Crippen LogP contribution in [0.1, 0.15) is 25.9 Å². The molecule has 2 N–H and O–H groups in total. The number of carbonyl (C=O) groups is 3. The summed E-state index contributed by atoms with van der Waals surface area (Å²) in [7, 11) is 0. The summed E-state index contributed by atoms with van der Waals surface area (Å²) in [6, 6.07) is 13.7. The predicted octanol–water partition coefficient (Wildman–Crippen LogP) is 3.30. The first kappa shape index (κ1) is 17.9. The summed E-state index contributed by atoms with van der Waals surface area (Å²) in [6.07, 6.45) is 0. The first-order valence-corrected chi connectivity index (χ1v) is 9.43. The molecule has 0 unspecified atom stereocenters. The number of para-hydroxylation sites is 2. The molecular formula is C20H16N4O3S. The Morgan fingerprint density at radius 1 is 1.14 bits per heavy atom. The van der Waals surface area contributed by atoms with E-state index in [0.29, 0.717) is 28.3 Å². The maximum Gasteiger partial charge on any atom is 0.275 e. The first-order chi connectivity index (χ1) is 13.5. The molecule has 28 heavy (non-hydrogen) atoms. The van der Waals surface area contributed by atoms with Gasteiger partial charge in [0.05, 0.1) is 16.4 Å². The summed E-state index contributed by atoms with van der Waals surface area (Å²) in [5.41, 5.74) is 2.60. The van der Waals surface area contributed by atoms with E-state index in [4.69, 9.17) is 0 Å². The van der Waals surface area contributed by atoms with Gasteiger partial charge in [-0.25, -0.2) is 4.98 Å². The lowest BCUT2D eigenvalue weighted by molar-refractivity contribution is -0.115. The fourth-order valence-corrected chi connectivity index (χ4v) is 3.52. The van der Waals surface area contributed by atoms with E-state index in [1.807, 2.05) is 13.0 Å². The van der Waals surface area contributed by atoms with E-state index in [2.05, 4.69) is 15.6 Å². The van der Waals surface area contributed by atoms with E-state index in [9.17, 15) is 14.4 Å². The fraction of sp³-hybridized carbons (Fsp3) is 0.100. The topological polar surface area (TPSA) is 91.4 Å². The SMILES string of the molecule is Cc1nc(C(=O)Nc2ccc(C(=O)N3CC(=O)Nc4ccccc43)cc2)cs1. The van der Waals surface area contributed by atoms with E-state index >= 15 is 0 Å². The van der Waals surface area contributed by atoms with Crippen molar-refractivity contribution in [1.82, 2.24) is 4.98 Å². The summed E-state index contributed by atoms with van der Waals surface area (Å²) < 4.78 is 0. The number of benzene rings is 2. The monoisotopic (exact) mass is 392 g/mol. The first-order valence-electron chi connectivity index (χ1n) is 8.55. The normalized spacial score (nSPS) is 12.9. The molecule has 0 aliphatic carbocycles. The van der Waals surface area contributed by atoms with Crippen molar-refractivity contribution in [3.63, 3.8) is 0 Å². The van der Waals surface area contributed by atoms with Crippen LogP contribution in [-0.2, 0) is 4.79 Å². The minimum absolute atomic E-state index is 0.0441. The van der Waals surface area contributed by atoms with Crippen LogP contribution in [0.15, 0.2) is 53.9 Å². The Balaban J connectivity index is 1.52. The molecule has 3 aromatic rings. The number of amides is 3. The van der Waals surface area contributed by atoms with Crippen LogP contribution in [0, 0.1) is 6.92 Å². The van der Waals surface area contributed by atoms with Gasteiger partial charge in [0.2, 0.25) is 5.91 Å². The van der Waals surface area contributed by atoms with Gasteiger partial charge in [0.1, 0.15) is 12.2 Å². The van der Waals surface area contributed by atoms with Crippen LogP contribution in [0.2, 0.25) is 0 Å². The third-order valence-electron chi connectivity index (χ3n) is 4.26. The number of fused-ring (bicyclic) bond motifs is 1. The van der Waals surface area contributed by atoms with E-state index in [-0.39, 0.29) is 24.3 Å². The van der Waals surface area contributed by atoms with Crippen LogP contribution < -0.4 is 15.5 Å². The molecule has 3 amide bonds. The second-order valence-corrected chi connectivity index (χ2v) is 7.30. The van der Waals surface area contributed by atoms with Gasteiger partial charge in [0.15, 0.2) is 0 Å². The van der Waals surface area contributed by atoms with Crippen molar-refractivity contribution in [2.75, 3.05) is 22.1 Å². The molecule has 1 aromatic heterocycles. The zero-order chi connectivity index (χ0) is 19.7. The Bertz CT molecular complexity index is 1080. The predicted molar refractivity (Wildman–Crippen MR) is 108 cm³/mol. The van der Waals surface area contributed by atoms with Crippen LogP contribution in [0.3, 0.4) is 0 Å². The molecule has 0 atom stereocenters. The lowest BCUT2D eigenvalue weighted by Gasteiger charge is -2.29. The number of aryl methyl sites for hydroxylation is 1. The van der Waals surface area contributed by atoms with E-state index in [0.717, 1.165) is 5.01 Å². The number of nitrogens with zero attached hydrogens (tertiary/aromatic N) is 2. The molecule has 0 radical (unpaired) electrons. The highest BCUT2D eigenvalue weighted by Crippen LogP contribution is 2.30. The van der Waals surface area contributed by atoms with Gasteiger partial charge < -0.3 is 10.6 Å². The molecule has 2 aromatic carbocycles. The zero-order valence-corrected chi connectivity index (χ0v) is 15.7. The summed E-state index contributed by atoms with van der Waals surface area (Å²) >= 11 is 1.41. The molecule has 0 saturated heterocycles. The van der Waals surface area contributed by atoms with Crippen molar-refractivity contribution in [2.24, 2.45) is 0 Å². The van der Waals surface area contributed by atoms with Gasteiger partial charge in [-0.05, 0) is 43.3 Å². The third kappa shape index (κ3) is 3.49. The summed E-state index contributed by atoms with van der Waals surface area (Å²) in [5.74, 6) is -0.824. The number of anilines is 3. The Morgan fingerprint density at radius 2 is 1.89 bits per heavy atom. The molecule has 140 valence electrons. The number of hydrogen-bond donors (Lipinski definition) is 2. The highest BCUT2D eigenvalue weighted by atomic mass is 32.1. The average Bonchev–Trinajstić information content (AvgIpc) is 3.14. The molecule has 0 spiro atoms. The van der Waals surface area contributed by atoms with Crippen LogP contribution in [0.25, 0.3) is 0 Å². The number of nitrogens with one attached hydrogen (secondary N) is 2. The smallest absolute Gasteiger partial charge is 0.275 e. The maximum absolute atomic E-state index is 12.9. The second-order valence-electron chi connectivity index (χ2n) is 6.24. The number of carbonyl (C=O) groups excluding carboxylic acids is 3. The molecule has 0 saturated carbocycles. The van der Waals surface area contributed by atoms with Gasteiger partial charge in [-0.2, -0.15) is 0 Å². The highest BCUT2D eigenvalue weighted by molar-refractivity contribution is 7.09. The van der Waals surface area contributed by atoms with Crippen LogP contribution in [0.5, 0.6) is 0 Å². The van der Waals surface area contributed by atoms with E-state index in [1.54, 1.807) is 47.8 Å². The maximum atomic E-state index is 12.9. The van der Waals surface area contributed by atoms with Gasteiger partial charge in [-0.3, -0.25) is 19.3 Å². The molecular weight excluding hydrogens is 376 g/mol. The number of hydrogen-bond acceptors (Lipinski definition) is 5. The number of thiazole rings is 1. The molecule has 8 heteroatoms. The minimum Gasteiger partial charge on any atom is -0.323 e. The van der Waals surface area contributed by atoms with Gasteiger partial charge in [0, 0.05) is 16.6 Å². The Labute approximate surface area is 165 Å². The van der Waals surface area contributed by atoms with Crippen molar-refractivity contribution in [1.29, 1.82) is 0 Å². The average molecular weight is 392 g/mol. The lowest BCUT2D eigenvalue weighted by Crippen LogP contribution is -2.42. The zero-order valence-electron chi connectivity index (χ0n) is 14.9. The summed E-state index contributed by atoms with van der Waals surface area (Å²) in [5, 5.41) is 8.03. The summed E-state index contributed by atoms with van der Waals surface area (Å²) in [6.45, 7) is 1.79. The van der Waals surface area contributed by atoms with Crippen molar-refractivity contribution >= 4 is 46.1 Å². The van der Waals surface area contributed by atoms with Gasteiger partial charge in [-0.15, -0.1) is 11.3 Å². The number of aromatic nitrogens is 1. The van der Waals surface area contributed by atoms with Crippen molar-refractivity contribution in [2.45, 2.75) is 6.92 Å². The van der Waals surface area contributed by atoms with Crippen LogP contribution in [-0.4, -0.2) is 29.3 Å². The standard InChI is InChI=1S/C20H16N4O3S/c1-12-21-16(11-28-12)19(26)22-14-8-6-13(7-9-14)20(27)24-10-18(25)23-15-4-2-3-5-17(15)24/h2-9,11H,10H2,1H3,(H,22,26)(H,23,25). The molecule has 1 aliphatic rings. The quantitative estimate of drug-likeness (QED) is 0.715. The van der Waals surface area contributed by atoms with Gasteiger partial charge in [-0.1, -0.05) is 12.1 Å². The van der Waals surface area contributed by atoms with E-state index < -0.39 is 0 Å². The second kappa shape index (κ2) is 7.24. The van der Waals surface area contributed by atoms with Crippen LogP contribution in [0.4, 0.5) is 17.1 Å². The lowest BCUT2D eigenvalue weighted by atomic mass is 10.1. The Kier molecular flexibility index (Phi) is 4.62.